The minimum absolute atomic E-state index is 0.269. The van der Waals surface area contributed by atoms with Crippen molar-refractivity contribution in [3.63, 3.8) is 0 Å². The Balaban J connectivity index is 0.933. The van der Waals surface area contributed by atoms with E-state index in [-0.39, 0.29) is 5.41 Å². The molecule has 3 heterocycles. The highest BCUT2D eigenvalue weighted by molar-refractivity contribution is 6.13. The summed E-state index contributed by atoms with van der Waals surface area (Å²) in [5.74, 6) is 0. The van der Waals surface area contributed by atoms with Crippen molar-refractivity contribution in [1.29, 1.82) is 0 Å². The Morgan fingerprint density at radius 3 is 1.79 bits per heavy atom. The van der Waals surface area contributed by atoms with Gasteiger partial charge in [0.25, 0.3) is 0 Å². The number of hydrogen-bond acceptors (Lipinski definition) is 4. The number of aromatic nitrogens is 1. The van der Waals surface area contributed by atoms with E-state index in [1.165, 1.54) is 49.8 Å². The molecule has 68 heavy (non-hydrogen) atoms. The summed E-state index contributed by atoms with van der Waals surface area (Å²) in [6, 6.07) is 70.4. The van der Waals surface area contributed by atoms with Crippen molar-refractivity contribution in [3.8, 4) is 16.8 Å². The molecule has 5 heteroatoms. The number of benzene rings is 9. The fourth-order valence-corrected chi connectivity index (χ4v) is 11.3. The fourth-order valence-electron chi connectivity index (χ4n) is 11.3. The fraction of sp³-hybridized carbons (Fsp3) is 0.0794. The monoisotopic (exact) mass is 875 g/mol. The highest BCUT2D eigenvalue weighted by Crippen LogP contribution is 2.53. The summed E-state index contributed by atoms with van der Waals surface area (Å²) in [7, 11) is 0. The molecule has 0 unspecified atom stereocenters. The highest BCUT2D eigenvalue weighted by Gasteiger charge is 2.37. The van der Waals surface area contributed by atoms with E-state index in [1.54, 1.807) is 0 Å². The second-order valence-corrected chi connectivity index (χ2v) is 18.8. The normalized spacial score (nSPS) is 14.1. The Kier molecular flexibility index (Phi) is 8.39. The maximum atomic E-state index is 6.42. The van der Waals surface area contributed by atoms with Crippen LogP contribution in [0.1, 0.15) is 37.8 Å². The zero-order valence-corrected chi connectivity index (χ0v) is 37.8. The maximum Gasteiger partial charge on any atom is 0.137 e. The summed E-state index contributed by atoms with van der Waals surface area (Å²) < 4.78 is 15.2. The molecule has 0 aliphatic heterocycles. The van der Waals surface area contributed by atoms with Gasteiger partial charge in [-0.3, -0.25) is 0 Å². The lowest BCUT2D eigenvalue weighted by Gasteiger charge is -2.29. The van der Waals surface area contributed by atoms with Gasteiger partial charge in [-0.25, -0.2) is 0 Å². The summed E-state index contributed by atoms with van der Waals surface area (Å²) in [6.45, 7) is 4.78. The van der Waals surface area contributed by atoms with Crippen LogP contribution < -0.4 is 9.80 Å². The van der Waals surface area contributed by atoms with Crippen molar-refractivity contribution in [1.82, 2.24) is 4.57 Å². The maximum absolute atomic E-state index is 6.42. The molecule has 14 rings (SSSR count). The van der Waals surface area contributed by atoms with Gasteiger partial charge in [-0.2, -0.15) is 0 Å². The summed E-state index contributed by atoms with van der Waals surface area (Å²) in [4.78, 5) is 4.80. The first-order valence-electron chi connectivity index (χ1n) is 23.6. The number of allylic oxidation sites excluding steroid dienone is 4. The van der Waals surface area contributed by atoms with Gasteiger partial charge < -0.3 is 23.2 Å². The van der Waals surface area contributed by atoms with E-state index in [2.05, 4.69) is 222 Å². The molecule has 12 aromatic rings. The lowest BCUT2D eigenvalue weighted by molar-refractivity contribution is 0.661. The molecule has 3 aromatic heterocycles. The lowest BCUT2D eigenvalue weighted by atomic mass is 9.82. The van der Waals surface area contributed by atoms with E-state index in [0.29, 0.717) is 0 Å². The number of nitrogens with zero attached hydrogens (tertiary/aromatic N) is 3. The molecule has 0 fully saturated rings. The third kappa shape index (κ3) is 5.82. The molecule has 9 aromatic carbocycles. The van der Waals surface area contributed by atoms with Crippen molar-refractivity contribution in [2.45, 2.75) is 32.1 Å². The first kappa shape index (κ1) is 38.7. The Morgan fingerprint density at radius 2 is 1.01 bits per heavy atom. The molecular weight excluding hydrogens is 831 g/mol. The minimum atomic E-state index is -0.269. The molecule has 0 amide bonds. The van der Waals surface area contributed by atoms with Crippen LogP contribution in [0.15, 0.2) is 227 Å². The van der Waals surface area contributed by atoms with Crippen molar-refractivity contribution in [3.05, 3.63) is 229 Å². The first-order chi connectivity index (χ1) is 33.5. The molecule has 2 aliphatic rings. The van der Waals surface area contributed by atoms with Gasteiger partial charge >= 0.3 is 0 Å². The number of anilines is 5. The number of para-hydroxylation sites is 4. The van der Waals surface area contributed by atoms with E-state index in [9.17, 15) is 0 Å². The first-order valence-corrected chi connectivity index (χ1v) is 23.6. The molecule has 2 aliphatic carbocycles. The van der Waals surface area contributed by atoms with E-state index in [0.717, 1.165) is 90.8 Å². The third-order valence-electron chi connectivity index (χ3n) is 14.6. The second kappa shape index (κ2) is 14.7. The van der Waals surface area contributed by atoms with Crippen LogP contribution in [0.3, 0.4) is 0 Å². The standard InChI is InChI=1S/C63H45N3O2/c1-63(2)55-35-44(65(41-18-8-4-9-19-41)46-28-32-51-49-22-12-14-24-59(49)68-62(51)37-46)26-30-47(55)52-39-58-53(38-56(52)63)48-31-27-45(36-57(48)66(58)42-20-10-5-11-21-42)64(40-16-6-3-7-17-40)43-29-33-61-54(34-43)50-23-13-15-25-60(50)67-61/h3-6,8-16,18-39H,7,17H2,1-2H3. The average molecular weight is 876 g/mol. The molecule has 0 N–H and O–H groups in total. The van der Waals surface area contributed by atoms with Gasteiger partial charge in [0.2, 0.25) is 0 Å². The number of hydrogen-bond donors (Lipinski definition) is 0. The van der Waals surface area contributed by atoms with Gasteiger partial charge in [0.05, 0.1) is 11.0 Å². The topological polar surface area (TPSA) is 37.7 Å². The van der Waals surface area contributed by atoms with Gasteiger partial charge in [0.1, 0.15) is 22.3 Å². The lowest BCUT2D eigenvalue weighted by Crippen LogP contribution is -2.17. The predicted molar refractivity (Wildman–Crippen MR) is 283 cm³/mol. The Bertz CT molecular complexity index is 4070. The highest BCUT2D eigenvalue weighted by atomic mass is 16.3. The van der Waals surface area contributed by atoms with Crippen molar-refractivity contribution < 1.29 is 8.83 Å². The summed E-state index contributed by atoms with van der Waals surface area (Å²) in [6.07, 6.45) is 8.67. The van der Waals surface area contributed by atoms with E-state index < -0.39 is 0 Å². The Labute approximate surface area is 393 Å². The van der Waals surface area contributed by atoms with Gasteiger partial charge in [0, 0.05) is 83.6 Å². The van der Waals surface area contributed by atoms with Crippen LogP contribution >= 0.6 is 0 Å². The number of rotatable bonds is 7. The van der Waals surface area contributed by atoms with Crippen LogP contribution in [0.2, 0.25) is 0 Å². The van der Waals surface area contributed by atoms with Gasteiger partial charge in [0.15, 0.2) is 0 Å². The smallest absolute Gasteiger partial charge is 0.137 e. The van der Waals surface area contributed by atoms with Crippen LogP contribution in [0.4, 0.5) is 28.4 Å². The Hall–Kier alpha value is -8.54. The van der Waals surface area contributed by atoms with E-state index in [4.69, 9.17) is 8.83 Å². The SMILES string of the molecule is CC1(C)c2cc(N(c3ccccc3)c3ccc4c(c3)oc3ccccc34)ccc2-c2cc3c(cc21)c1ccc(N(C2=CC=CCC2)c2ccc4oc5ccccc5c4c2)cc1n3-c1ccccc1. The van der Waals surface area contributed by atoms with Crippen LogP contribution in [0.5, 0.6) is 0 Å². The van der Waals surface area contributed by atoms with Crippen LogP contribution in [0.25, 0.3) is 82.5 Å². The van der Waals surface area contributed by atoms with E-state index in [1.807, 2.05) is 18.2 Å². The molecular formula is C63H45N3O2. The van der Waals surface area contributed by atoms with Crippen molar-refractivity contribution in [2.24, 2.45) is 0 Å². The molecule has 0 saturated heterocycles. The molecule has 0 spiro atoms. The molecule has 0 bridgehead atoms. The number of fused-ring (bicyclic) bond motifs is 12. The summed E-state index contributed by atoms with van der Waals surface area (Å²) in [5, 5.41) is 6.98. The zero-order chi connectivity index (χ0) is 45.1. The second-order valence-electron chi connectivity index (χ2n) is 18.8. The number of furan rings is 2. The molecule has 0 radical (unpaired) electrons. The van der Waals surface area contributed by atoms with Crippen LogP contribution in [0, 0.1) is 0 Å². The molecule has 0 saturated carbocycles. The van der Waals surface area contributed by atoms with Gasteiger partial charge in [-0.1, -0.05) is 111 Å². The quantitative estimate of drug-likeness (QED) is 0.160. The van der Waals surface area contributed by atoms with Crippen molar-refractivity contribution in [2.75, 3.05) is 9.80 Å². The third-order valence-corrected chi connectivity index (χ3v) is 14.6. The van der Waals surface area contributed by atoms with Gasteiger partial charge in [-0.15, -0.1) is 0 Å². The predicted octanol–water partition coefficient (Wildman–Crippen LogP) is 17.7. The zero-order valence-electron chi connectivity index (χ0n) is 37.8. The van der Waals surface area contributed by atoms with Gasteiger partial charge in [-0.05, 0) is 144 Å². The molecule has 324 valence electrons. The molecule has 0 atom stereocenters. The molecule has 5 nitrogen and oxygen atoms in total. The summed E-state index contributed by atoms with van der Waals surface area (Å²) in [5.41, 5.74) is 18.8. The van der Waals surface area contributed by atoms with Crippen molar-refractivity contribution >= 4 is 94.1 Å². The summed E-state index contributed by atoms with van der Waals surface area (Å²) >= 11 is 0. The average Bonchev–Trinajstić information content (AvgIpc) is 4.10. The minimum Gasteiger partial charge on any atom is -0.456 e. The van der Waals surface area contributed by atoms with Crippen LogP contribution in [-0.4, -0.2) is 4.57 Å². The van der Waals surface area contributed by atoms with E-state index >= 15 is 0 Å². The largest absolute Gasteiger partial charge is 0.456 e. The van der Waals surface area contributed by atoms with Crippen LogP contribution in [-0.2, 0) is 5.41 Å². The Morgan fingerprint density at radius 1 is 0.426 bits per heavy atom.